The van der Waals surface area contributed by atoms with E-state index in [1.807, 2.05) is 35.8 Å². The highest BCUT2D eigenvalue weighted by molar-refractivity contribution is 5.99. The van der Waals surface area contributed by atoms with Gasteiger partial charge in [0.15, 0.2) is 5.83 Å². The van der Waals surface area contributed by atoms with Crippen LogP contribution in [0, 0.1) is 40.5 Å². The van der Waals surface area contributed by atoms with E-state index in [0.29, 0.717) is 136 Å². The number of amides is 3. The summed E-state index contributed by atoms with van der Waals surface area (Å²) in [6, 6.07) is 37.5. The van der Waals surface area contributed by atoms with Gasteiger partial charge in [0.05, 0.1) is 43.3 Å². The van der Waals surface area contributed by atoms with Gasteiger partial charge in [-0.3, -0.25) is 29.1 Å². The fraction of sp³-hybridized carbons (Fsp3) is 0.486. The second kappa shape index (κ2) is 42.6. The summed E-state index contributed by atoms with van der Waals surface area (Å²) in [5.74, 6) is 0.0418. The molecule has 0 radical (unpaired) electrons. The lowest BCUT2D eigenvalue weighted by atomic mass is 9.99. The minimum absolute atomic E-state index is 0.0381. The number of halogens is 5. The van der Waals surface area contributed by atoms with Crippen LogP contribution in [0.25, 0.3) is 46.9 Å². The molecular weight excluding hydrogens is 1760 g/mol. The monoisotopic (exact) mass is 1890 g/mol. The van der Waals surface area contributed by atoms with Gasteiger partial charge >= 0.3 is 18.0 Å². The number of nitrogens with zero attached hydrogens (tertiary/aromatic N) is 21. The molecule has 3 unspecified atom stereocenters. The van der Waals surface area contributed by atoms with E-state index < -0.39 is 41.5 Å². The molecule has 9 aliphatic rings. The van der Waals surface area contributed by atoms with Crippen LogP contribution in [0.2, 0.25) is 0 Å². The number of anilines is 6. The summed E-state index contributed by atoms with van der Waals surface area (Å²) >= 11 is 0. The highest BCUT2D eigenvalue weighted by Crippen LogP contribution is 2.43. The Morgan fingerprint density at radius 3 is 1.05 bits per heavy atom. The summed E-state index contributed by atoms with van der Waals surface area (Å²) < 4.78 is 94.6. The Morgan fingerprint density at radius 1 is 0.442 bits per heavy atom. The number of piperazine rings is 3. The number of aryl methyl sites for hydroxylation is 3. The molecule has 6 saturated heterocycles. The number of likely N-dealkylation sites (tertiary alicyclic amines) is 3. The smallest absolute Gasteiger partial charge is 0.318 e. The Bertz CT molecular complexity index is 6190. The number of ether oxygens (including phenoxy) is 4. The maximum atomic E-state index is 14.8. The van der Waals surface area contributed by atoms with E-state index in [9.17, 15) is 36.3 Å². The predicted octanol–water partition coefficient (Wildman–Crippen LogP) is 14.0. The first-order valence-corrected chi connectivity index (χ1v) is 47.7. The van der Waals surface area contributed by atoms with E-state index in [0.717, 1.165) is 82.8 Å². The zero-order valence-electron chi connectivity index (χ0n) is 80.6. The third-order valence-corrected chi connectivity index (χ3v) is 28.4. The molecule has 12 heterocycles. The number of hydrogen-bond acceptors (Lipinski definition) is 22. The van der Waals surface area contributed by atoms with Crippen molar-refractivity contribution in [1.82, 2.24) is 59.3 Å². The van der Waals surface area contributed by atoms with Crippen molar-refractivity contribution in [3.05, 3.63) is 231 Å². The fourth-order valence-electron chi connectivity index (χ4n) is 21.7. The summed E-state index contributed by atoms with van der Waals surface area (Å²) in [4.78, 5) is 103. The summed E-state index contributed by atoms with van der Waals surface area (Å²) in [7, 11) is 7.31. The number of aromatic nitrogens is 6. The Labute approximate surface area is 805 Å². The summed E-state index contributed by atoms with van der Waals surface area (Å²) in [5.41, 5.74) is 9.05. The van der Waals surface area contributed by atoms with Gasteiger partial charge in [-0.1, -0.05) is 104 Å². The second-order valence-electron chi connectivity index (χ2n) is 38.8. The molecule has 0 aliphatic carbocycles. The van der Waals surface area contributed by atoms with Crippen LogP contribution in [0.1, 0.15) is 90.5 Å². The van der Waals surface area contributed by atoms with Gasteiger partial charge in [0.1, 0.15) is 79.1 Å². The second-order valence-corrected chi connectivity index (χ2v) is 38.8. The molecule has 0 bridgehead atoms. The Morgan fingerprint density at radius 2 is 0.754 bits per heavy atom. The van der Waals surface area contributed by atoms with Gasteiger partial charge in [0, 0.05) is 205 Å². The van der Waals surface area contributed by atoms with Crippen LogP contribution in [0.5, 0.6) is 18.0 Å². The van der Waals surface area contributed by atoms with Crippen LogP contribution in [-0.4, -0.2) is 309 Å². The molecule has 0 N–H and O–H groups in total. The molecule has 0 spiro atoms. The Hall–Kier alpha value is -12.9. The molecule has 3 aromatic heterocycles. The van der Waals surface area contributed by atoms with Gasteiger partial charge in [-0.05, 0) is 139 Å². The number of allylic oxidation sites excluding steroid dienone is 1. The van der Waals surface area contributed by atoms with Crippen molar-refractivity contribution in [2.75, 3.05) is 209 Å². The molecule has 28 nitrogen and oxygen atoms in total. The van der Waals surface area contributed by atoms with Gasteiger partial charge in [-0.25, -0.2) is 41.7 Å². The van der Waals surface area contributed by atoms with Crippen LogP contribution in [0.3, 0.4) is 0 Å². The average Bonchev–Trinajstić information content (AvgIpc) is 1.35. The maximum Gasteiger partial charge on any atom is 0.318 e. The first kappa shape index (κ1) is 98.2. The van der Waals surface area contributed by atoms with Crippen molar-refractivity contribution in [1.29, 1.82) is 0 Å². The molecule has 6 fully saturated rings. The lowest BCUT2D eigenvalue weighted by molar-refractivity contribution is -0.131. The lowest BCUT2D eigenvalue weighted by Crippen LogP contribution is -2.57. The normalized spacial score (nSPS) is 23.5. The van der Waals surface area contributed by atoms with Crippen molar-refractivity contribution in [2.24, 2.45) is 0 Å². The molecule has 9 aliphatic heterocycles. The van der Waals surface area contributed by atoms with E-state index in [1.54, 1.807) is 43.8 Å². The number of carbonyl (C=O) groups excluding carboxylic acids is 3. The molecule has 138 heavy (non-hydrogen) atoms. The van der Waals surface area contributed by atoms with Crippen LogP contribution in [0.4, 0.5) is 56.5 Å². The Kier molecular flexibility index (Phi) is 30.3. The number of rotatable bonds is 24. The molecule has 18 rings (SSSR count). The molecule has 0 saturated carbocycles. The summed E-state index contributed by atoms with van der Waals surface area (Å²) in [6.07, 6.45) is 8.95. The maximum absolute atomic E-state index is 14.8. The third-order valence-electron chi connectivity index (χ3n) is 28.4. The van der Waals surface area contributed by atoms with E-state index in [4.69, 9.17) is 68.6 Å². The van der Waals surface area contributed by atoms with Gasteiger partial charge in [-0.2, -0.15) is 29.9 Å². The van der Waals surface area contributed by atoms with E-state index >= 15 is 0 Å². The van der Waals surface area contributed by atoms with Crippen LogP contribution < -0.4 is 43.6 Å². The number of likely N-dealkylation sites (N-methyl/N-ethyl adjacent to an activating group) is 3. The van der Waals surface area contributed by atoms with E-state index in [2.05, 4.69) is 180 Å². The topological polar surface area (TPSA) is 217 Å². The largest absolute Gasteiger partial charge is 0.462 e. The van der Waals surface area contributed by atoms with Crippen LogP contribution in [-0.2, 0) is 58.0 Å². The molecule has 9 atom stereocenters. The first-order chi connectivity index (χ1) is 66.4. The summed E-state index contributed by atoms with van der Waals surface area (Å²) in [6.45, 7) is 46.7. The van der Waals surface area contributed by atoms with Crippen LogP contribution >= 0.6 is 0 Å². The number of fused-ring (bicyclic) bond motifs is 6. The van der Waals surface area contributed by atoms with Gasteiger partial charge in [-0.15, -0.1) is 0 Å². The molecular formula is C105H124F5N21O7. The first-order valence-electron chi connectivity index (χ1n) is 47.7. The third kappa shape index (κ3) is 22.1. The zero-order valence-corrected chi connectivity index (χ0v) is 80.6. The van der Waals surface area contributed by atoms with E-state index in [-0.39, 0.29) is 106 Å². The highest BCUT2D eigenvalue weighted by Gasteiger charge is 2.45. The minimum atomic E-state index is -1.28. The van der Waals surface area contributed by atoms with E-state index in [1.165, 1.54) is 77.8 Å². The van der Waals surface area contributed by atoms with Crippen molar-refractivity contribution < 1.29 is 55.3 Å². The molecule has 6 aromatic carbocycles. The Balaban J connectivity index is 0.000000150. The highest BCUT2D eigenvalue weighted by atomic mass is 19.2. The number of alkyl halides is 4. The SMILES string of the molecule is [C-]#[N+]C[C@H]1CN(c2nc(OC[C@@H]3CC(C)(F)CN3C)nc3c2CCN(c2cccc4cccc(C)c24)C3)CCN1C(=O)/C=C/CF.[C-]#[N+]C[C@H]1CN(c2nc(OC[C@@H]3CC(C)(F)CN3C)nc3c2CCN(c2cccc4cccc(C)c24)C3)CCN1C(=O)/C=C/COC.[C-]#[N+]C[C@H]1CN(c2nc(OC[C@@H]3CC(C)(F)CN3C)nc3c2CCN(c2cccc4cccc(C)c24)C3)CCN1C(=O)C(=C)F. The number of carbonyl (C=O) groups is 3. The van der Waals surface area contributed by atoms with Gasteiger partial charge in [0.25, 0.3) is 5.91 Å². The molecule has 726 valence electrons. The summed E-state index contributed by atoms with van der Waals surface area (Å²) in [5, 5.41) is 7.25. The van der Waals surface area contributed by atoms with Crippen molar-refractivity contribution in [3.8, 4) is 18.0 Å². The van der Waals surface area contributed by atoms with Crippen molar-refractivity contribution in [3.63, 3.8) is 0 Å². The van der Waals surface area contributed by atoms with Gasteiger partial charge in [0.2, 0.25) is 31.4 Å². The van der Waals surface area contributed by atoms with Crippen LogP contribution in [0.15, 0.2) is 146 Å². The van der Waals surface area contributed by atoms with Crippen molar-refractivity contribution >= 4 is 84.6 Å². The lowest BCUT2D eigenvalue weighted by Gasteiger charge is -2.41. The number of methoxy groups -OCH3 is 1. The molecule has 9 aromatic rings. The number of benzene rings is 6. The molecule has 33 heteroatoms. The quantitative estimate of drug-likeness (QED) is 0.0312. The standard InChI is InChI=1S/C36H44FN7O3.C35H41F2N7O2.C34H39F2N7O2/c1-25-9-6-10-26-11-7-12-31(33(25)26)42-15-14-29-30(22-42)39-35(47-23-27-19-36(2,37)24-41(27)4)40-34(29)43-16-17-44(28(21-43)20-38-3)32(45)13-8-18-46-5;1-24-8-5-9-25-10-6-11-30(32(24)25)42-15-13-28-29(21-42)39-34(46-22-26-18-35(2,37)23-41(26)4)40-33(28)43-16-17-44(27(20-43)19-38-3)31(45)12-7-14-36;1-22-8-6-9-24-10-7-11-29(30(22)24)41-13-12-27-28(19-41)38-33(45-20-25-16-34(3,36)21-40(25)5)39-31(27)42-14-15-43(32(44)23(2)35)26(18-42)17-37-4/h6-13,27-28H,14-24H2,1-2,4-5H3;5-12,26-27H,13-23H2,1-2,4H3;6-11,25-26H,2,12-21H2,1,3,5H3/b13-8+;12-7+;/t27-,28-,36?;26-,27-,35?;25-,26-,34?/m000/s1. The number of hydrogen-bond donors (Lipinski definition) is 0. The van der Waals surface area contributed by atoms with Gasteiger partial charge < -0.3 is 77.6 Å². The van der Waals surface area contributed by atoms with Crippen molar-refractivity contribution in [2.45, 2.75) is 153 Å². The molecule has 3 amide bonds. The fourth-order valence-corrected chi connectivity index (χ4v) is 21.7. The average molecular weight is 1890 g/mol. The minimum Gasteiger partial charge on any atom is -0.462 e. The predicted molar refractivity (Wildman–Crippen MR) is 528 cm³/mol. The zero-order chi connectivity index (χ0) is 97.4.